The van der Waals surface area contributed by atoms with E-state index in [1.165, 1.54) is 6.92 Å². The predicted molar refractivity (Wildman–Crippen MR) is 78.7 cm³/mol. The van der Waals surface area contributed by atoms with Gasteiger partial charge in [-0.15, -0.1) is 0 Å². The van der Waals surface area contributed by atoms with Gasteiger partial charge in [-0.25, -0.2) is 0 Å². The molecule has 0 aromatic rings. The lowest BCUT2D eigenvalue weighted by Crippen LogP contribution is -2.50. The number of piperidine rings is 1. The number of nitrogens with one attached hydrogen (secondary N) is 1. The molecule has 0 spiro atoms. The maximum Gasteiger partial charge on any atom is 0.310 e. The monoisotopic (exact) mass is 298 g/mol. The van der Waals surface area contributed by atoms with E-state index in [4.69, 9.17) is 0 Å². The number of carbonyl (C=O) groups excluding carboxylic acids is 2. The van der Waals surface area contributed by atoms with E-state index in [0.717, 1.165) is 12.8 Å². The first-order valence-corrected chi connectivity index (χ1v) is 7.63. The Balaban J connectivity index is 2.69. The topological polar surface area (TPSA) is 86.7 Å². The van der Waals surface area contributed by atoms with Crippen LogP contribution in [-0.2, 0) is 14.4 Å². The van der Waals surface area contributed by atoms with Crippen molar-refractivity contribution < 1.29 is 19.5 Å². The van der Waals surface area contributed by atoms with Gasteiger partial charge in [0, 0.05) is 32.5 Å². The van der Waals surface area contributed by atoms with Crippen molar-refractivity contribution in [3.8, 4) is 0 Å². The average Bonchev–Trinajstić information content (AvgIpc) is 2.44. The van der Waals surface area contributed by atoms with Crippen molar-refractivity contribution in [1.82, 2.24) is 10.2 Å². The Bertz CT molecular complexity index is 404. The molecule has 0 aromatic heterocycles. The molecular weight excluding hydrogens is 272 g/mol. The van der Waals surface area contributed by atoms with Crippen LogP contribution >= 0.6 is 0 Å². The number of amides is 2. The van der Waals surface area contributed by atoms with Crippen LogP contribution < -0.4 is 5.32 Å². The summed E-state index contributed by atoms with van der Waals surface area (Å²) < 4.78 is 0. The lowest BCUT2D eigenvalue weighted by Gasteiger charge is -2.35. The summed E-state index contributed by atoms with van der Waals surface area (Å²) >= 11 is 0. The molecule has 1 unspecified atom stereocenters. The normalized spacial score (nSPS) is 19.2. The molecule has 1 fully saturated rings. The highest BCUT2D eigenvalue weighted by molar-refractivity contribution is 5.85. The second-order valence-electron chi connectivity index (χ2n) is 5.85. The summed E-state index contributed by atoms with van der Waals surface area (Å²) in [7, 11) is 0. The zero-order valence-corrected chi connectivity index (χ0v) is 13.1. The number of nitrogens with zero attached hydrogens (tertiary/aromatic N) is 1. The third kappa shape index (κ3) is 4.44. The van der Waals surface area contributed by atoms with Crippen LogP contribution in [0.3, 0.4) is 0 Å². The highest BCUT2D eigenvalue weighted by Gasteiger charge is 2.39. The highest BCUT2D eigenvalue weighted by Crippen LogP contribution is 2.32. The van der Waals surface area contributed by atoms with E-state index in [2.05, 4.69) is 5.32 Å². The van der Waals surface area contributed by atoms with Gasteiger partial charge in [-0.05, 0) is 25.7 Å². The van der Waals surface area contributed by atoms with E-state index in [1.54, 1.807) is 18.7 Å². The second-order valence-corrected chi connectivity index (χ2v) is 5.85. The molecule has 6 nitrogen and oxygen atoms in total. The minimum Gasteiger partial charge on any atom is -0.481 e. The Morgan fingerprint density at radius 2 is 1.90 bits per heavy atom. The van der Waals surface area contributed by atoms with Crippen LogP contribution in [0.2, 0.25) is 0 Å². The van der Waals surface area contributed by atoms with Gasteiger partial charge in [-0.1, -0.05) is 13.8 Å². The quantitative estimate of drug-likeness (QED) is 0.776. The van der Waals surface area contributed by atoms with Crippen LogP contribution in [0.25, 0.3) is 0 Å². The van der Waals surface area contributed by atoms with Crippen molar-refractivity contribution in [2.45, 2.75) is 58.9 Å². The number of hydrogen-bond acceptors (Lipinski definition) is 3. The van der Waals surface area contributed by atoms with E-state index >= 15 is 0 Å². The van der Waals surface area contributed by atoms with Crippen LogP contribution in [0.4, 0.5) is 0 Å². The molecule has 0 aliphatic carbocycles. The Morgan fingerprint density at radius 3 is 2.38 bits per heavy atom. The summed E-state index contributed by atoms with van der Waals surface area (Å²) in [5, 5.41) is 12.2. The third-order valence-electron chi connectivity index (χ3n) is 4.48. The van der Waals surface area contributed by atoms with Crippen LogP contribution in [0, 0.1) is 5.41 Å². The highest BCUT2D eigenvalue weighted by atomic mass is 16.4. The first-order chi connectivity index (χ1) is 9.84. The standard InChI is InChI=1S/C15H26N2O4/c1-4-15(5-2,14(20)21)9-13(19)17-8-6-7-12(10-17)16-11(3)18/h12H,4-10H2,1-3H3,(H,16,18)(H,20,21). The minimum atomic E-state index is -0.974. The smallest absolute Gasteiger partial charge is 0.310 e. The zero-order valence-electron chi connectivity index (χ0n) is 13.1. The number of rotatable bonds is 6. The molecule has 1 aliphatic heterocycles. The Hall–Kier alpha value is -1.59. The molecule has 1 atom stereocenters. The molecule has 0 aromatic carbocycles. The van der Waals surface area contributed by atoms with Gasteiger partial charge in [-0.2, -0.15) is 0 Å². The van der Waals surface area contributed by atoms with E-state index in [1.807, 2.05) is 0 Å². The molecular formula is C15H26N2O4. The maximum absolute atomic E-state index is 12.4. The Kier molecular flexibility index (Phi) is 6.18. The van der Waals surface area contributed by atoms with Crippen LogP contribution in [0.15, 0.2) is 0 Å². The number of hydrogen-bond donors (Lipinski definition) is 2. The van der Waals surface area contributed by atoms with Gasteiger partial charge < -0.3 is 15.3 Å². The summed E-state index contributed by atoms with van der Waals surface area (Å²) in [6.45, 7) is 6.19. The SMILES string of the molecule is CCC(CC)(CC(=O)N1CCCC(NC(C)=O)C1)C(=O)O. The largest absolute Gasteiger partial charge is 0.481 e. The average molecular weight is 298 g/mol. The summed E-state index contributed by atoms with van der Waals surface area (Å²) in [5.74, 6) is -1.14. The molecule has 120 valence electrons. The maximum atomic E-state index is 12.4. The van der Waals surface area contributed by atoms with Gasteiger partial charge in [0.15, 0.2) is 0 Å². The predicted octanol–water partition coefficient (Wildman–Crippen LogP) is 1.39. The van der Waals surface area contributed by atoms with Gasteiger partial charge >= 0.3 is 5.97 Å². The van der Waals surface area contributed by atoms with E-state index in [0.29, 0.717) is 25.9 Å². The molecule has 21 heavy (non-hydrogen) atoms. The fourth-order valence-electron chi connectivity index (χ4n) is 2.89. The lowest BCUT2D eigenvalue weighted by atomic mass is 9.78. The van der Waals surface area contributed by atoms with Crippen molar-refractivity contribution in [3.05, 3.63) is 0 Å². The molecule has 6 heteroatoms. The molecule has 1 rings (SSSR count). The Labute approximate surface area is 125 Å². The summed E-state index contributed by atoms with van der Waals surface area (Å²) in [6.07, 6.45) is 2.59. The van der Waals surface area contributed by atoms with E-state index in [9.17, 15) is 19.5 Å². The molecule has 0 radical (unpaired) electrons. The van der Waals surface area contributed by atoms with Crippen molar-refractivity contribution in [2.75, 3.05) is 13.1 Å². The molecule has 1 aliphatic rings. The van der Waals surface area contributed by atoms with Gasteiger partial charge in [0.1, 0.15) is 0 Å². The van der Waals surface area contributed by atoms with Crippen molar-refractivity contribution in [3.63, 3.8) is 0 Å². The minimum absolute atomic E-state index is 0.0253. The second kappa shape index (κ2) is 7.43. The molecule has 0 bridgehead atoms. The van der Waals surface area contributed by atoms with Crippen molar-refractivity contribution >= 4 is 17.8 Å². The molecule has 1 saturated heterocycles. The first kappa shape index (κ1) is 17.5. The molecule has 2 N–H and O–H groups in total. The van der Waals surface area contributed by atoms with Gasteiger partial charge in [0.25, 0.3) is 0 Å². The number of carboxylic acids is 1. The number of carbonyl (C=O) groups is 3. The first-order valence-electron chi connectivity index (χ1n) is 7.63. The molecule has 0 saturated carbocycles. The van der Waals surface area contributed by atoms with Crippen LogP contribution in [0.1, 0.15) is 52.9 Å². The van der Waals surface area contributed by atoms with Gasteiger partial charge in [0.2, 0.25) is 11.8 Å². The lowest BCUT2D eigenvalue weighted by molar-refractivity contribution is -0.154. The fraction of sp³-hybridized carbons (Fsp3) is 0.800. The summed E-state index contributed by atoms with van der Waals surface area (Å²) in [6, 6.07) is -0.0253. The fourth-order valence-corrected chi connectivity index (χ4v) is 2.89. The van der Waals surface area contributed by atoms with E-state index < -0.39 is 11.4 Å². The summed E-state index contributed by atoms with van der Waals surface area (Å²) in [5.41, 5.74) is -0.974. The van der Waals surface area contributed by atoms with Gasteiger partial charge in [-0.3, -0.25) is 14.4 Å². The number of likely N-dealkylation sites (tertiary alicyclic amines) is 1. The zero-order chi connectivity index (χ0) is 16.0. The van der Waals surface area contributed by atoms with Crippen molar-refractivity contribution in [2.24, 2.45) is 5.41 Å². The van der Waals surface area contributed by atoms with Crippen LogP contribution in [-0.4, -0.2) is 46.9 Å². The molecule has 2 amide bonds. The van der Waals surface area contributed by atoms with E-state index in [-0.39, 0.29) is 24.3 Å². The van der Waals surface area contributed by atoms with Gasteiger partial charge in [0.05, 0.1) is 5.41 Å². The number of aliphatic carboxylic acids is 1. The molecule has 1 heterocycles. The van der Waals surface area contributed by atoms with Crippen LogP contribution in [0.5, 0.6) is 0 Å². The van der Waals surface area contributed by atoms with Crippen molar-refractivity contribution in [1.29, 1.82) is 0 Å². The summed E-state index contributed by atoms with van der Waals surface area (Å²) in [4.78, 5) is 36.7. The Morgan fingerprint density at radius 1 is 1.29 bits per heavy atom. The third-order valence-corrected chi connectivity index (χ3v) is 4.48. The number of carboxylic acid groups (broad SMARTS) is 1.